The molecule has 1 unspecified atom stereocenters. The number of aromatic nitrogens is 1. The highest BCUT2D eigenvalue weighted by molar-refractivity contribution is 7.09. The van der Waals surface area contributed by atoms with Crippen LogP contribution in [0.2, 0.25) is 0 Å². The summed E-state index contributed by atoms with van der Waals surface area (Å²) in [7, 11) is 0. The molecule has 16 heavy (non-hydrogen) atoms. The Morgan fingerprint density at radius 2 is 2.25 bits per heavy atom. The molecule has 0 fully saturated rings. The SMILES string of the molecule is CCCNCc1csc(C(CC)OCC)n1. The molecule has 4 heteroatoms. The van der Waals surface area contributed by atoms with Crippen molar-refractivity contribution < 1.29 is 4.74 Å². The van der Waals surface area contributed by atoms with Crippen molar-refractivity contribution in [3.63, 3.8) is 0 Å². The first-order valence-corrected chi connectivity index (χ1v) is 6.96. The van der Waals surface area contributed by atoms with E-state index in [4.69, 9.17) is 4.74 Å². The van der Waals surface area contributed by atoms with Gasteiger partial charge in [0.05, 0.1) is 5.69 Å². The molecule has 1 rings (SSSR count). The van der Waals surface area contributed by atoms with Gasteiger partial charge in [0, 0.05) is 18.5 Å². The first-order valence-electron chi connectivity index (χ1n) is 6.08. The van der Waals surface area contributed by atoms with Crippen molar-refractivity contribution in [2.45, 2.75) is 46.3 Å². The van der Waals surface area contributed by atoms with Gasteiger partial charge in [0.25, 0.3) is 0 Å². The minimum absolute atomic E-state index is 0.176. The predicted molar refractivity (Wildman–Crippen MR) is 68.8 cm³/mol. The molecular weight excluding hydrogens is 220 g/mol. The molecule has 0 bridgehead atoms. The van der Waals surface area contributed by atoms with E-state index in [0.29, 0.717) is 0 Å². The summed E-state index contributed by atoms with van der Waals surface area (Å²) in [6.07, 6.45) is 2.33. The van der Waals surface area contributed by atoms with Gasteiger partial charge in [-0.25, -0.2) is 4.98 Å². The average molecular weight is 242 g/mol. The van der Waals surface area contributed by atoms with E-state index in [2.05, 4.69) is 29.5 Å². The molecule has 0 aromatic carbocycles. The van der Waals surface area contributed by atoms with E-state index in [0.717, 1.165) is 43.2 Å². The molecular formula is C12H22N2OS. The van der Waals surface area contributed by atoms with Crippen LogP contribution in [0.4, 0.5) is 0 Å². The third-order valence-corrected chi connectivity index (χ3v) is 3.30. The van der Waals surface area contributed by atoms with E-state index < -0.39 is 0 Å². The predicted octanol–water partition coefficient (Wildman–Crippen LogP) is 3.13. The third-order valence-electron chi connectivity index (χ3n) is 2.32. The number of ether oxygens (including phenoxy) is 1. The largest absolute Gasteiger partial charge is 0.371 e. The molecule has 1 heterocycles. The summed E-state index contributed by atoms with van der Waals surface area (Å²) in [4.78, 5) is 4.60. The van der Waals surface area contributed by atoms with Crippen molar-refractivity contribution >= 4 is 11.3 Å². The molecule has 0 saturated carbocycles. The summed E-state index contributed by atoms with van der Waals surface area (Å²) in [6, 6.07) is 0. The Balaban J connectivity index is 2.48. The Kier molecular flexibility index (Phi) is 6.61. The molecule has 0 aliphatic carbocycles. The number of rotatable bonds is 8. The van der Waals surface area contributed by atoms with Gasteiger partial charge in [-0.2, -0.15) is 0 Å². The van der Waals surface area contributed by atoms with Crippen molar-refractivity contribution in [2.24, 2.45) is 0 Å². The number of thiazole rings is 1. The molecule has 1 N–H and O–H groups in total. The number of hydrogen-bond donors (Lipinski definition) is 1. The van der Waals surface area contributed by atoms with Gasteiger partial charge < -0.3 is 10.1 Å². The first kappa shape index (κ1) is 13.6. The van der Waals surface area contributed by atoms with Crippen LogP contribution in [-0.2, 0) is 11.3 Å². The summed E-state index contributed by atoms with van der Waals surface area (Å²) >= 11 is 1.70. The van der Waals surface area contributed by atoms with E-state index in [1.165, 1.54) is 0 Å². The Hall–Kier alpha value is -0.450. The van der Waals surface area contributed by atoms with E-state index in [9.17, 15) is 0 Å². The molecule has 0 radical (unpaired) electrons. The van der Waals surface area contributed by atoms with Crippen molar-refractivity contribution in [1.29, 1.82) is 0 Å². The molecule has 0 spiro atoms. The number of nitrogens with zero attached hydrogens (tertiary/aromatic N) is 1. The zero-order chi connectivity index (χ0) is 11.8. The average Bonchev–Trinajstić information content (AvgIpc) is 2.75. The fraction of sp³-hybridized carbons (Fsp3) is 0.750. The van der Waals surface area contributed by atoms with Crippen LogP contribution in [0.3, 0.4) is 0 Å². The standard InChI is InChI=1S/C12H22N2OS/c1-4-7-13-8-10-9-16-12(14-10)11(5-2)15-6-3/h9,11,13H,4-8H2,1-3H3. The van der Waals surface area contributed by atoms with E-state index >= 15 is 0 Å². The lowest BCUT2D eigenvalue weighted by Gasteiger charge is -2.11. The van der Waals surface area contributed by atoms with E-state index in [1.807, 2.05) is 6.92 Å². The molecule has 1 atom stereocenters. The van der Waals surface area contributed by atoms with Crippen LogP contribution in [0.25, 0.3) is 0 Å². The van der Waals surface area contributed by atoms with Crippen molar-refractivity contribution in [2.75, 3.05) is 13.2 Å². The second-order valence-corrected chi connectivity index (χ2v) is 4.60. The Morgan fingerprint density at radius 3 is 2.88 bits per heavy atom. The van der Waals surface area contributed by atoms with Crippen LogP contribution in [0.5, 0.6) is 0 Å². The van der Waals surface area contributed by atoms with Gasteiger partial charge in [-0.1, -0.05) is 13.8 Å². The lowest BCUT2D eigenvalue weighted by atomic mass is 10.3. The van der Waals surface area contributed by atoms with E-state index in [1.54, 1.807) is 11.3 Å². The smallest absolute Gasteiger partial charge is 0.122 e. The highest BCUT2D eigenvalue weighted by atomic mass is 32.1. The van der Waals surface area contributed by atoms with Gasteiger partial charge in [0.15, 0.2) is 0 Å². The Morgan fingerprint density at radius 1 is 1.44 bits per heavy atom. The molecule has 92 valence electrons. The van der Waals surface area contributed by atoms with Crippen molar-refractivity contribution in [1.82, 2.24) is 10.3 Å². The topological polar surface area (TPSA) is 34.1 Å². The van der Waals surface area contributed by atoms with Gasteiger partial charge in [-0.3, -0.25) is 0 Å². The van der Waals surface area contributed by atoms with Gasteiger partial charge in [-0.05, 0) is 26.3 Å². The summed E-state index contributed by atoms with van der Waals surface area (Å²) in [5.74, 6) is 0. The van der Waals surface area contributed by atoms with Gasteiger partial charge >= 0.3 is 0 Å². The van der Waals surface area contributed by atoms with Crippen LogP contribution in [0.15, 0.2) is 5.38 Å². The maximum atomic E-state index is 5.64. The number of hydrogen-bond acceptors (Lipinski definition) is 4. The zero-order valence-corrected chi connectivity index (χ0v) is 11.3. The lowest BCUT2D eigenvalue weighted by molar-refractivity contribution is 0.0595. The van der Waals surface area contributed by atoms with Crippen LogP contribution in [0.1, 0.15) is 50.4 Å². The van der Waals surface area contributed by atoms with Crippen LogP contribution < -0.4 is 5.32 Å². The summed E-state index contributed by atoms with van der Waals surface area (Å²) in [5, 5.41) is 6.59. The molecule has 0 aliphatic rings. The maximum absolute atomic E-state index is 5.64. The lowest BCUT2D eigenvalue weighted by Crippen LogP contribution is -2.14. The quantitative estimate of drug-likeness (QED) is 0.711. The van der Waals surface area contributed by atoms with E-state index in [-0.39, 0.29) is 6.10 Å². The van der Waals surface area contributed by atoms with Crippen LogP contribution >= 0.6 is 11.3 Å². The zero-order valence-electron chi connectivity index (χ0n) is 10.5. The van der Waals surface area contributed by atoms with Gasteiger partial charge in [0.2, 0.25) is 0 Å². The third kappa shape index (κ3) is 4.20. The Bertz CT molecular complexity index is 288. The van der Waals surface area contributed by atoms with Crippen molar-refractivity contribution in [3.8, 4) is 0 Å². The molecule has 3 nitrogen and oxygen atoms in total. The van der Waals surface area contributed by atoms with Gasteiger partial charge in [-0.15, -0.1) is 11.3 Å². The molecule has 0 saturated heterocycles. The molecule has 1 aromatic rings. The normalized spacial score (nSPS) is 12.9. The van der Waals surface area contributed by atoms with Crippen LogP contribution in [0, 0.1) is 0 Å². The number of nitrogens with one attached hydrogen (secondary N) is 1. The first-order chi connectivity index (χ1) is 7.81. The summed E-state index contributed by atoms with van der Waals surface area (Å²) in [5.41, 5.74) is 1.13. The second-order valence-electron chi connectivity index (χ2n) is 3.71. The van der Waals surface area contributed by atoms with Crippen LogP contribution in [-0.4, -0.2) is 18.1 Å². The molecule has 1 aromatic heterocycles. The Labute approximate surface area is 102 Å². The minimum atomic E-state index is 0.176. The molecule has 0 aliphatic heterocycles. The highest BCUT2D eigenvalue weighted by Gasteiger charge is 2.13. The molecule has 0 amide bonds. The fourth-order valence-corrected chi connectivity index (χ4v) is 2.46. The van der Waals surface area contributed by atoms with Gasteiger partial charge in [0.1, 0.15) is 11.1 Å². The monoisotopic (exact) mass is 242 g/mol. The van der Waals surface area contributed by atoms with Crippen molar-refractivity contribution in [3.05, 3.63) is 16.1 Å². The fourth-order valence-electron chi connectivity index (χ4n) is 1.51. The summed E-state index contributed by atoms with van der Waals surface area (Å²) < 4.78 is 5.64. The highest BCUT2D eigenvalue weighted by Crippen LogP contribution is 2.24. The summed E-state index contributed by atoms with van der Waals surface area (Å²) in [6.45, 7) is 9.00. The second kappa shape index (κ2) is 7.76. The minimum Gasteiger partial charge on any atom is -0.371 e. The maximum Gasteiger partial charge on any atom is 0.122 e.